The molecule has 1 heterocycles. The zero-order valence-corrected chi connectivity index (χ0v) is 5.29. The van der Waals surface area contributed by atoms with Crippen LogP contribution in [-0.4, -0.2) is 24.3 Å². The van der Waals surface area contributed by atoms with Crippen LogP contribution in [0.15, 0.2) is 0 Å². The second-order valence-corrected chi connectivity index (χ2v) is 1.58. The molecule has 56 valence electrons. The van der Waals surface area contributed by atoms with E-state index in [2.05, 4.69) is 15.1 Å². The largest absolute Gasteiger partial charge is 0.342 e. The van der Waals surface area contributed by atoms with Gasteiger partial charge in [0.15, 0.2) is 0 Å². The van der Waals surface area contributed by atoms with Crippen molar-refractivity contribution in [3.63, 3.8) is 0 Å². The SMILES string of the molecule is CNN1OC(=O)CC(=O)O1. The van der Waals surface area contributed by atoms with Gasteiger partial charge in [0.2, 0.25) is 0 Å². The fraction of sp³-hybridized carbons (Fsp3) is 0.500. The Kier molecular flexibility index (Phi) is 1.83. The van der Waals surface area contributed by atoms with Gasteiger partial charge in [-0.15, -0.1) is 0 Å². The molecule has 1 saturated heterocycles. The lowest BCUT2D eigenvalue weighted by Gasteiger charge is -2.20. The molecule has 0 aromatic heterocycles. The number of carbonyl (C=O) groups excluding carboxylic acids is 2. The van der Waals surface area contributed by atoms with Crippen LogP contribution in [-0.2, 0) is 19.3 Å². The third-order valence-corrected chi connectivity index (χ3v) is 0.841. The number of hydrogen-bond donors (Lipinski definition) is 1. The van der Waals surface area contributed by atoms with Gasteiger partial charge in [-0.2, -0.15) is 5.43 Å². The highest BCUT2D eigenvalue weighted by Crippen LogP contribution is 2.01. The van der Waals surface area contributed by atoms with E-state index in [1.54, 1.807) is 0 Å². The Morgan fingerprint density at radius 1 is 1.40 bits per heavy atom. The van der Waals surface area contributed by atoms with E-state index >= 15 is 0 Å². The minimum Gasteiger partial charge on any atom is -0.318 e. The summed E-state index contributed by atoms with van der Waals surface area (Å²) in [6, 6.07) is 0. The molecule has 6 nitrogen and oxygen atoms in total. The molecular weight excluding hydrogens is 140 g/mol. The summed E-state index contributed by atoms with van der Waals surface area (Å²) in [4.78, 5) is 29.6. The van der Waals surface area contributed by atoms with Crippen molar-refractivity contribution in [2.45, 2.75) is 6.42 Å². The first-order valence-electron chi connectivity index (χ1n) is 2.61. The first-order chi connectivity index (χ1) is 4.72. The third-order valence-electron chi connectivity index (χ3n) is 0.841. The molecule has 0 amide bonds. The van der Waals surface area contributed by atoms with Crippen LogP contribution in [0.4, 0.5) is 0 Å². The van der Waals surface area contributed by atoms with Crippen molar-refractivity contribution in [1.29, 1.82) is 0 Å². The van der Waals surface area contributed by atoms with Gasteiger partial charge in [-0.05, 0) is 0 Å². The van der Waals surface area contributed by atoms with Gasteiger partial charge >= 0.3 is 11.9 Å². The van der Waals surface area contributed by atoms with Gasteiger partial charge in [-0.1, -0.05) is 0 Å². The minimum absolute atomic E-state index is 0.335. The lowest BCUT2D eigenvalue weighted by Crippen LogP contribution is -2.43. The normalized spacial score (nSPS) is 20.1. The van der Waals surface area contributed by atoms with Crippen molar-refractivity contribution >= 4 is 11.9 Å². The van der Waals surface area contributed by atoms with Gasteiger partial charge in [0.05, 0.1) is 0 Å². The smallest absolute Gasteiger partial charge is 0.318 e. The van der Waals surface area contributed by atoms with Crippen molar-refractivity contribution in [3.05, 3.63) is 0 Å². The Labute approximate surface area is 56.6 Å². The monoisotopic (exact) mass is 146 g/mol. The number of nitrogens with zero attached hydrogens (tertiary/aromatic N) is 1. The van der Waals surface area contributed by atoms with E-state index in [9.17, 15) is 9.59 Å². The summed E-state index contributed by atoms with van der Waals surface area (Å²) in [5.74, 6) is -1.27. The molecule has 0 aliphatic carbocycles. The van der Waals surface area contributed by atoms with Crippen LogP contribution in [0.2, 0.25) is 0 Å². The Bertz CT molecular complexity index is 153. The van der Waals surface area contributed by atoms with Gasteiger partial charge in [0.1, 0.15) is 11.8 Å². The van der Waals surface area contributed by atoms with Gasteiger partial charge in [-0.3, -0.25) is 0 Å². The average Bonchev–Trinajstić information content (AvgIpc) is 1.85. The molecular formula is C4H6N2O4. The summed E-state index contributed by atoms with van der Waals surface area (Å²) in [7, 11) is 1.45. The summed E-state index contributed by atoms with van der Waals surface area (Å²) in [5.41, 5.74) is 2.31. The van der Waals surface area contributed by atoms with E-state index in [1.807, 2.05) is 0 Å². The van der Waals surface area contributed by atoms with Crippen LogP contribution in [0, 0.1) is 0 Å². The Morgan fingerprint density at radius 3 is 2.30 bits per heavy atom. The molecule has 1 N–H and O–H groups in total. The van der Waals surface area contributed by atoms with E-state index in [1.165, 1.54) is 7.05 Å². The second kappa shape index (κ2) is 2.63. The summed E-state index contributed by atoms with van der Waals surface area (Å²) >= 11 is 0. The van der Waals surface area contributed by atoms with Crippen LogP contribution >= 0.6 is 0 Å². The first-order valence-corrected chi connectivity index (χ1v) is 2.61. The molecule has 0 bridgehead atoms. The molecule has 0 spiro atoms. The summed E-state index contributed by atoms with van der Waals surface area (Å²) in [6.45, 7) is 0. The second-order valence-electron chi connectivity index (χ2n) is 1.58. The number of rotatable bonds is 1. The lowest BCUT2D eigenvalue weighted by atomic mass is 10.4. The molecule has 1 aliphatic heterocycles. The summed E-state index contributed by atoms with van der Waals surface area (Å²) in [6.07, 6.45) is -0.335. The zero-order chi connectivity index (χ0) is 7.56. The maximum atomic E-state index is 10.4. The first kappa shape index (κ1) is 6.97. The Morgan fingerprint density at radius 2 is 1.90 bits per heavy atom. The maximum Gasteiger partial charge on any atom is 0.342 e. The molecule has 0 unspecified atom stereocenters. The van der Waals surface area contributed by atoms with Crippen LogP contribution < -0.4 is 5.43 Å². The van der Waals surface area contributed by atoms with Gasteiger partial charge in [0.25, 0.3) is 0 Å². The van der Waals surface area contributed by atoms with Crippen molar-refractivity contribution in [2.24, 2.45) is 0 Å². The quantitative estimate of drug-likeness (QED) is 0.466. The van der Waals surface area contributed by atoms with Crippen LogP contribution in [0.3, 0.4) is 0 Å². The number of carbonyl (C=O) groups is 2. The Hall–Kier alpha value is -1.14. The zero-order valence-electron chi connectivity index (χ0n) is 5.29. The predicted molar refractivity (Wildman–Crippen MR) is 27.7 cm³/mol. The summed E-state index contributed by atoms with van der Waals surface area (Å²) < 4.78 is 0. The standard InChI is InChI=1S/C4H6N2O4/c1-5-6-9-3(7)2-4(8)10-6/h5H,2H2,1H3. The van der Waals surface area contributed by atoms with E-state index in [4.69, 9.17) is 0 Å². The van der Waals surface area contributed by atoms with Gasteiger partial charge in [-0.25, -0.2) is 9.59 Å². The third kappa shape index (κ3) is 1.42. The van der Waals surface area contributed by atoms with Crippen LogP contribution in [0.25, 0.3) is 0 Å². The molecule has 0 atom stereocenters. The average molecular weight is 146 g/mol. The van der Waals surface area contributed by atoms with E-state index in [-0.39, 0.29) is 6.42 Å². The number of hydrogen-bond acceptors (Lipinski definition) is 6. The summed E-state index contributed by atoms with van der Waals surface area (Å²) in [5, 5.41) is 0.605. The van der Waals surface area contributed by atoms with Gasteiger partial charge in [0, 0.05) is 7.05 Å². The number of nitrogens with one attached hydrogen (secondary N) is 1. The van der Waals surface area contributed by atoms with Crippen LogP contribution in [0.1, 0.15) is 6.42 Å². The minimum atomic E-state index is -0.634. The fourth-order valence-electron chi connectivity index (χ4n) is 0.477. The molecule has 0 radical (unpaired) electrons. The Balaban J connectivity index is 2.50. The highest BCUT2D eigenvalue weighted by molar-refractivity contribution is 5.91. The van der Waals surface area contributed by atoms with Crippen molar-refractivity contribution in [1.82, 2.24) is 10.8 Å². The molecule has 0 aromatic carbocycles. The van der Waals surface area contributed by atoms with Crippen molar-refractivity contribution in [3.8, 4) is 0 Å². The molecule has 1 aliphatic rings. The topological polar surface area (TPSA) is 67.9 Å². The van der Waals surface area contributed by atoms with Crippen molar-refractivity contribution in [2.75, 3.05) is 7.05 Å². The molecule has 10 heavy (non-hydrogen) atoms. The predicted octanol–water partition coefficient (Wildman–Crippen LogP) is -1.26. The number of hydrazine groups is 1. The fourth-order valence-corrected chi connectivity index (χ4v) is 0.477. The lowest BCUT2D eigenvalue weighted by molar-refractivity contribution is -0.360. The highest BCUT2D eigenvalue weighted by Gasteiger charge is 2.25. The maximum absolute atomic E-state index is 10.4. The van der Waals surface area contributed by atoms with E-state index < -0.39 is 11.9 Å². The molecule has 0 saturated carbocycles. The van der Waals surface area contributed by atoms with Gasteiger partial charge < -0.3 is 9.68 Å². The van der Waals surface area contributed by atoms with E-state index in [0.29, 0.717) is 5.34 Å². The molecule has 0 aromatic rings. The van der Waals surface area contributed by atoms with Crippen LogP contribution in [0.5, 0.6) is 0 Å². The van der Waals surface area contributed by atoms with Crippen molar-refractivity contribution < 1.29 is 19.3 Å². The molecule has 6 heteroatoms. The van der Waals surface area contributed by atoms with E-state index in [0.717, 1.165) is 0 Å². The molecule has 1 rings (SSSR count). The molecule has 1 fully saturated rings. The highest BCUT2D eigenvalue weighted by atomic mass is 17.0.